The molecule has 3 nitrogen and oxygen atoms in total. The van der Waals surface area contributed by atoms with Crippen LogP contribution in [0.3, 0.4) is 0 Å². The summed E-state index contributed by atoms with van der Waals surface area (Å²) in [7, 11) is 0. The summed E-state index contributed by atoms with van der Waals surface area (Å²) in [5, 5.41) is 2.32. The predicted molar refractivity (Wildman–Crippen MR) is 188 cm³/mol. The van der Waals surface area contributed by atoms with Crippen LogP contribution in [0.5, 0.6) is 0 Å². The van der Waals surface area contributed by atoms with Gasteiger partial charge in [0.15, 0.2) is 0 Å². The molecule has 0 N–H and O–H groups in total. The van der Waals surface area contributed by atoms with Crippen LogP contribution in [0, 0.1) is 27.7 Å². The Hall–Kier alpha value is -5.02. The number of benzene rings is 6. The highest BCUT2D eigenvalue weighted by molar-refractivity contribution is 7.00. The Morgan fingerprint density at radius 2 is 0.864 bits per heavy atom. The van der Waals surface area contributed by atoms with E-state index in [2.05, 4.69) is 137 Å². The fourth-order valence-corrected chi connectivity index (χ4v) is 8.49. The van der Waals surface area contributed by atoms with Gasteiger partial charge in [0.25, 0.3) is 0 Å². The van der Waals surface area contributed by atoms with Gasteiger partial charge in [-0.1, -0.05) is 130 Å². The number of carbonyl (C=O) groups excluding carboxylic acids is 1. The van der Waals surface area contributed by atoms with Crippen molar-refractivity contribution in [1.29, 1.82) is 0 Å². The van der Waals surface area contributed by atoms with E-state index in [1.807, 2.05) is 9.80 Å². The minimum atomic E-state index is -0.0153. The molecule has 9 rings (SSSR count). The summed E-state index contributed by atoms with van der Waals surface area (Å²) in [6.07, 6.45) is 0. The van der Waals surface area contributed by atoms with Gasteiger partial charge in [-0.05, 0) is 67.1 Å². The zero-order valence-electron chi connectivity index (χ0n) is 25.3. The second-order valence-corrected chi connectivity index (χ2v) is 12.7. The SMILES string of the molecule is Cc1cccc(C)c1B1c2ccccc2N2C(=O)N3c4ccccc4B(c4c(C)cccc4C)c4ccc5ccc1c2c5c43. The molecule has 3 aliphatic heterocycles. The first kappa shape index (κ1) is 25.5. The van der Waals surface area contributed by atoms with Crippen LogP contribution in [-0.2, 0) is 0 Å². The zero-order valence-corrected chi connectivity index (χ0v) is 25.3. The van der Waals surface area contributed by atoms with Crippen LogP contribution in [-0.4, -0.2) is 19.5 Å². The van der Waals surface area contributed by atoms with E-state index in [9.17, 15) is 0 Å². The van der Waals surface area contributed by atoms with Crippen LogP contribution in [0.15, 0.2) is 109 Å². The molecule has 5 heteroatoms. The predicted octanol–water partition coefficient (Wildman–Crippen LogP) is 5.14. The third-order valence-electron chi connectivity index (χ3n) is 10.3. The molecule has 0 saturated carbocycles. The van der Waals surface area contributed by atoms with E-state index < -0.39 is 0 Å². The van der Waals surface area contributed by atoms with Crippen LogP contribution in [0.4, 0.5) is 27.5 Å². The van der Waals surface area contributed by atoms with Gasteiger partial charge in [0.2, 0.25) is 13.4 Å². The van der Waals surface area contributed by atoms with Crippen LogP contribution >= 0.6 is 0 Å². The summed E-state index contributed by atoms with van der Waals surface area (Å²) >= 11 is 0. The van der Waals surface area contributed by atoms with Crippen molar-refractivity contribution >= 4 is 85.8 Å². The van der Waals surface area contributed by atoms with Crippen molar-refractivity contribution in [2.75, 3.05) is 9.80 Å². The number of aryl methyl sites for hydroxylation is 4. The number of urea groups is 1. The third kappa shape index (κ3) is 3.17. The lowest BCUT2D eigenvalue weighted by Crippen LogP contribution is -2.65. The summed E-state index contributed by atoms with van der Waals surface area (Å²) in [5.74, 6) is 0. The second kappa shape index (κ2) is 9.00. The Kier molecular flexibility index (Phi) is 5.21. The molecule has 0 unspecified atom stereocenters. The quantitative estimate of drug-likeness (QED) is 0.268. The fraction of sp³-hybridized carbons (Fsp3) is 0.103. The van der Waals surface area contributed by atoms with Crippen LogP contribution < -0.4 is 42.6 Å². The number of fused-ring (bicyclic) bond motifs is 4. The maximum atomic E-state index is 15.1. The Balaban J connectivity index is 1.44. The molecule has 208 valence electrons. The maximum absolute atomic E-state index is 15.1. The molecule has 0 saturated heterocycles. The first-order chi connectivity index (χ1) is 21.5. The first-order valence-electron chi connectivity index (χ1n) is 15.5. The molecule has 0 bridgehead atoms. The van der Waals surface area contributed by atoms with Crippen LogP contribution in [0.2, 0.25) is 0 Å². The molecule has 3 heterocycles. The summed E-state index contributed by atoms with van der Waals surface area (Å²) in [6.45, 7) is 8.91. The first-order valence-corrected chi connectivity index (χ1v) is 15.5. The number of hydrogen-bond donors (Lipinski definition) is 0. The molecular formula is C39H30B2N2O. The molecule has 6 aromatic carbocycles. The van der Waals surface area contributed by atoms with Gasteiger partial charge in [-0.25, -0.2) is 4.79 Å². The molecule has 44 heavy (non-hydrogen) atoms. The summed E-state index contributed by atoms with van der Waals surface area (Å²) in [5.41, 5.74) is 16.5. The standard InChI is InChI=1S/C39H30B2N2O/c1-23-11-9-12-24(2)35(23)40-28-15-5-7-17-32(28)42-37-30(40)21-19-27-20-22-31-38(34(27)37)43(39(42)44)33-18-8-6-16-29(33)41(31)36-25(3)13-10-14-26(36)4/h5-22H,1-4H3. The van der Waals surface area contributed by atoms with Gasteiger partial charge >= 0.3 is 6.03 Å². The Bertz CT molecular complexity index is 2050. The summed E-state index contributed by atoms with van der Waals surface area (Å²) in [6, 6.07) is 39.2. The van der Waals surface area contributed by atoms with Crippen molar-refractivity contribution in [3.63, 3.8) is 0 Å². The normalized spacial score (nSPS) is 14.2. The monoisotopic (exact) mass is 564 g/mol. The molecule has 0 radical (unpaired) electrons. The Morgan fingerprint density at radius 1 is 0.455 bits per heavy atom. The average molecular weight is 564 g/mol. The molecule has 2 amide bonds. The number of anilines is 4. The Morgan fingerprint density at radius 3 is 1.30 bits per heavy atom. The molecule has 0 aromatic heterocycles. The van der Waals surface area contributed by atoms with Gasteiger partial charge in [-0.2, -0.15) is 0 Å². The van der Waals surface area contributed by atoms with Crippen molar-refractivity contribution in [1.82, 2.24) is 0 Å². The molecule has 0 atom stereocenters. The molecule has 0 fully saturated rings. The topological polar surface area (TPSA) is 23.6 Å². The Labute approximate surface area is 258 Å². The van der Waals surface area contributed by atoms with Crippen LogP contribution in [0.1, 0.15) is 22.3 Å². The number of nitrogens with zero attached hydrogens (tertiary/aromatic N) is 2. The lowest BCUT2D eigenvalue weighted by molar-refractivity contribution is 0.255. The van der Waals surface area contributed by atoms with E-state index in [0.717, 1.165) is 33.5 Å². The molecule has 0 aliphatic carbocycles. The third-order valence-corrected chi connectivity index (χ3v) is 10.3. The van der Waals surface area contributed by atoms with Crippen molar-refractivity contribution in [2.24, 2.45) is 0 Å². The number of amides is 2. The van der Waals surface area contributed by atoms with E-state index in [-0.39, 0.29) is 19.5 Å². The highest BCUT2D eigenvalue weighted by Crippen LogP contribution is 2.47. The molecule has 6 aromatic rings. The highest BCUT2D eigenvalue weighted by Gasteiger charge is 2.48. The largest absolute Gasteiger partial charge is 0.338 e. The summed E-state index contributed by atoms with van der Waals surface area (Å²) < 4.78 is 0. The smallest absolute Gasteiger partial charge is 0.263 e. The fourth-order valence-electron chi connectivity index (χ4n) is 8.49. The lowest BCUT2D eigenvalue weighted by Gasteiger charge is -2.46. The van der Waals surface area contributed by atoms with Crippen LogP contribution in [0.25, 0.3) is 10.8 Å². The zero-order chi connectivity index (χ0) is 29.9. The number of rotatable bonds is 2. The van der Waals surface area contributed by atoms with Gasteiger partial charge in [0.05, 0.1) is 11.4 Å². The lowest BCUT2D eigenvalue weighted by atomic mass is 9.33. The molecular weight excluding hydrogens is 534 g/mol. The van der Waals surface area contributed by atoms with Crippen molar-refractivity contribution in [2.45, 2.75) is 27.7 Å². The summed E-state index contributed by atoms with van der Waals surface area (Å²) in [4.78, 5) is 19.1. The van der Waals surface area contributed by atoms with Crippen molar-refractivity contribution < 1.29 is 4.79 Å². The van der Waals surface area contributed by atoms with Gasteiger partial charge in [0.1, 0.15) is 0 Å². The van der Waals surface area contributed by atoms with E-state index in [1.54, 1.807) is 0 Å². The van der Waals surface area contributed by atoms with E-state index >= 15 is 4.79 Å². The van der Waals surface area contributed by atoms with Gasteiger partial charge in [-0.3, -0.25) is 9.80 Å². The van der Waals surface area contributed by atoms with Gasteiger partial charge < -0.3 is 0 Å². The van der Waals surface area contributed by atoms with Crippen molar-refractivity contribution in [3.05, 3.63) is 131 Å². The maximum Gasteiger partial charge on any atom is 0.338 e. The van der Waals surface area contributed by atoms with Crippen molar-refractivity contribution in [3.8, 4) is 0 Å². The number of hydrogen-bond acceptors (Lipinski definition) is 1. The molecule has 0 spiro atoms. The minimum Gasteiger partial charge on any atom is -0.263 e. The van der Waals surface area contributed by atoms with Gasteiger partial charge in [0, 0.05) is 16.8 Å². The van der Waals surface area contributed by atoms with E-state index in [0.29, 0.717) is 0 Å². The highest BCUT2D eigenvalue weighted by atomic mass is 16.2. The average Bonchev–Trinajstić information content (AvgIpc) is 3.03. The minimum absolute atomic E-state index is 0.0153. The molecule has 3 aliphatic rings. The second-order valence-electron chi connectivity index (χ2n) is 12.7. The van der Waals surface area contributed by atoms with E-state index in [4.69, 9.17) is 0 Å². The number of carbonyl (C=O) groups is 1. The van der Waals surface area contributed by atoms with Gasteiger partial charge in [-0.15, -0.1) is 0 Å². The number of para-hydroxylation sites is 2. The van der Waals surface area contributed by atoms with E-state index in [1.165, 1.54) is 55.0 Å².